The van der Waals surface area contributed by atoms with Gasteiger partial charge in [-0.3, -0.25) is 4.79 Å². The van der Waals surface area contributed by atoms with Crippen molar-refractivity contribution in [1.29, 1.82) is 0 Å². The van der Waals surface area contributed by atoms with Gasteiger partial charge in [-0.1, -0.05) is 12.1 Å². The Hall–Kier alpha value is -2.70. The second kappa shape index (κ2) is 7.28. The first-order chi connectivity index (χ1) is 14.2. The van der Waals surface area contributed by atoms with E-state index in [4.69, 9.17) is 0 Å². The highest BCUT2D eigenvalue weighted by atomic mass is 19.1. The van der Waals surface area contributed by atoms with E-state index in [1.165, 1.54) is 25.0 Å². The van der Waals surface area contributed by atoms with Crippen molar-refractivity contribution in [3.63, 3.8) is 0 Å². The molecule has 6 nitrogen and oxygen atoms in total. The predicted molar refractivity (Wildman–Crippen MR) is 110 cm³/mol. The van der Waals surface area contributed by atoms with E-state index in [2.05, 4.69) is 25.8 Å². The molecule has 1 saturated carbocycles. The van der Waals surface area contributed by atoms with Crippen molar-refractivity contribution in [2.24, 2.45) is 0 Å². The summed E-state index contributed by atoms with van der Waals surface area (Å²) in [5.74, 6) is 1.86. The minimum Gasteiger partial charge on any atom is -0.356 e. The number of nitrogens with zero attached hydrogens (tertiary/aromatic N) is 5. The third-order valence-corrected chi connectivity index (χ3v) is 6.52. The van der Waals surface area contributed by atoms with E-state index in [-0.39, 0.29) is 11.7 Å². The number of aromatic nitrogens is 2. The van der Waals surface area contributed by atoms with Gasteiger partial charge in [0.1, 0.15) is 23.8 Å². The first-order valence-corrected chi connectivity index (χ1v) is 10.5. The minimum absolute atomic E-state index is 0.184. The molecule has 7 heteroatoms. The number of amides is 1. The number of hydrogen-bond acceptors (Lipinski definition) is 5. The molecular weight excluding hydrogens is 369 g/mol. The van der Waals surface area contributed by atoms with Crippen LogP contribution in [-0.2, 0) is 10.2 Å². The maximum absolute atomic E-state index is 13.3. The van der Waals surface area contributed by atoms with Gasteiger partial charge in [0.05, 0.1) is 5.41 Å². The van der Waals surface area contributed by atoms with Crippen molar-refractivity contribution >= 4 is 17.5 Å². The van der Waals surface area contributed by atoms with Gasteiger partial charge in [0.15, 0.2) is 0 Å². The molecular formula is C22H26FN5O. The Balaban J connectivity index is 1.24. The van der Waals surface area contributed by atoms with Crippen molar-refractivity contribution in [2.75, 3.05) is 49.1 Å². The second-order valence-corrected chi connectivity index (χ2v) is 8.30. The molecule has 152 valence electrons. The summed E-state index contributed by atoms with van der Waals surface area (Å²) in [4.78, 5) is 28.6. The molecule has 5 rings (SSSR count). The number of halogens is 1. The van der Waals surface area contributed by atoms with Gasteiger partial charge in [0, 0.05) is 45.3 Å². The summed E-state index contributed by atoms with van der Waals surface area (Å²) in [6.45, 7) is 5.02. The molecule has 1 aromatic carbocycles. The van der Waals surface area contributed by atoms with Crippen LogP contribution in [-0.4, -0.2) is 60.0 Å². The van der Waals surface area contributed by atoms with Crippen LogP contribution >= 0.6 is 0 Å². The average molecular weight is 395 g/mol. The number of piperazine rings is 1. The molecule has 1 aliphatic carbocycles. The van der Waals surface area contributed by atoms with Gasteiger partial charge in [-0.15, -0.1) is 0 Å². The van der Waals surface area contributed by atoms with Crippen LogP contribution in [0.2, 0.25) is 0 Å². The molecule has 0 spiro atoms. The highest BCUT2D eigenvalue weighted by Crippen LogP contribution is 2.49. The van der Waals surface area contributed by atoms with Gasteiger partial charge in [-0.2, -0.15) is 0 Å². The number of anilines is 2. The molecule has 2 saturated heterocycles. The smallest absolute Gasteiger partial charge is 0.233 e. The lowest BCUT2D eigenvalue weighted by molar-refractivity contribution is -0.134. The molecule has 1 amide bonds. The Kier molecular flexibility index (Phi) is 4.60. The van der Waals surface area contributed by atoms with Gasteiger partial charge in [0.2, 0.25) is 5.91 Å². The Morgan fingerprint density at radius 3 is 2.03 bits per heavy atom. The van der Waals surface area contributed by atoms with Crippen molar-refractivity contribution in [3.8, 4) is 0 Å². The normalized spacial score (nSPS) is 20.8. The topological polar surface area (TPSA) is 52.6 Å². The molecule has 2 aromatic rings. The highest BCUT2D eigenvalue weighted by molar-refractivity contribution is 5.91. The van der Waals surface area contributed by atoms with E-state index < -0.39 is 5.41 Å². The summed E-state index contributed by atoms with van der Waals surface area (Å²) in [6, 6.07) is 8.50. The van der Waals surface area contributed by atoms with Crippen LogP contribution in [0, 0.1) is 5.82 Å². The summed E-state index contributed by atoms with van der Waals surface area (Å²) >= 11 is 0. The fourth-order valence-electron chi connectivity index (χ4n) is 4.59. The summed E-state index contributed by atoms with van der Waals surface area (Å²) in [7, 11) is 0. The highest BCUT2D eigenvalue weighted by Gasteiger charge is 2.53. The lowest BCUT2D eigenvalue weighted by atomic mass is 9.94. The Morgan fingerprint density at radius 2 is 1.45 bits per heavy atom. The molecule has 29 heavy (non-hydrogen) atoms. The van der Waals surface area contributed by atoms with Crippen molar-refractivity contribution < 1.29 is 9.18 Å². The Bertz CT molecular complexity index is 884. The summed E-state index contributed by atoms with van der Waals surface area (Å²) < 4.78 is 13.3. The van der Waals surface area contributed by atoms with Crippen LogP contribution in [0.3, 0.4) is 0 Å². The summed E-state index contributed by atoms with van der Waals surface area (Å²) in [5.41, 5.74) is 0.505. The number of carbonyl (C=O) groups excluding carboxylic acids is 1. The van der Waals surface area contributed by atoms with Crippen LogP contribution in [0.25, 0.3) is 0 Å². The molecule has 0 bridgehead atoms. The molecule has 0 atom stereocenters. The quantitative estimate of drug-likeness (QED) is 0.797. The van der Waals surface area contributed by atoms with Crippen LogP contribution in [0.1, 0.15) is 31.2 Å². The molecule has 3 aliphatic rings. The van der Waals surface area contributed by atoms with Gasteiger partial charge < -0.3 is 14.7 Å². The zero-order chi connectivity index (χ0) is 19.8. The monoisotopic (exact) mass is 395 g/mol. The predicted octanol–water partition coefficient (Wildman–Crippen LogP) is 2.60. The van der Waals surface area contributed by atoms with Crippen molar-refractivity contribution in [1.82, 2.24) is 14.9 Å². The largest absolute Gasteiger partial charge is 0.356 e. The third kappa shape index (κ3) is 3.43. The second-order valence-electron chi connectivity index (χ2n) is 8.30. The lowest BCUT2D eigenvalue weighted by Gasteiger charge is -2.37. The van der Waals surface area contributed by atoms with Gasteiger partial charge in [0.25, 0.3) is 0 Å². The van der Waals surface area contributed by atoms with E-state index in [0.29, 0.717) is 13.1 Å². The number of carbonyl (C=O) groups is 1. The van der Waals surface area contributed by atoms with E-state index >= 15 is 0 Å². The molecule has 3 heterocycles. The Labute approximate surface area is 170 Å². The van der Waals surface area contributed by atoms with Gasteiger partial charge >= 0.3 is 0 Å². The SMILES string of the molecule is O=C(N1CCN(c2cc(N3CCCC3)ncn2)CC1)C1(c2ccc(F)cc2)CC1. The van der Waals surface area contributed by atoms with Crippen LogP contribution in [0.15, 0.2) is 36.7 Å². The van der Waals surface area contributed by atoms with E-state index in [1.54, 1.807) is 18.5 Å². The average Bonchev–Trinajstić information content (AvgIpc) is 3.39. The van der Waals surface area contributed by atoms with Crippen LogP contribution in [0.4, 0.5) is 16.0 Å². The zero-order valence-corrected chi connectivity index (χ0v) is 16.6. The molecule has 1 aromatic heterocycles. The maximum atomic E-state index is 13.3. The Morgan fingerprint density at radius 1 is 0.862 bits per heavy atom. The lowest BCUT2D eigenvalue weighted by Crippen LogP contribution is -2.51. The van der Waals surface area contributed by atoms with E-state index in [1.807, 2.05) is 4.90 Å². The first kappa shape index (κ1) is 18.3. The molecule has 0 radical (unpaired) electrons. The molecule has 0 N–H and O–H groups in total. The van der Waals surface area contributed by atoms with Crippen molar-refractivity contribution in [3.05, 3.63) is 48.0 Å². The fraction of sp³-hybridized carbons (Fsp3) is 0.500. The maximum Gasteiger partial charge on any atom is 0.233 e. The standard InChI is InChI=1S/C22H26FN5O/c23-18-5-3-17(4-6-18)22(7-8-22)21(29)28-13-11-27(12-14-28)20-15-19(24-16-25-20)26-9-1-2-10-26/h3-6,15-16H,1-2,7-14H2. The number of rotatable bonds is 4. The van der Waals surface area contributed by atoms with Crippen molar-refractivity contribution in [2.45, 2.75) is 31.1 Å². The molecule has 3 fully saturated rings. The first-order valence-electron chi connectivity index (χ1n) is 10.5. The van der Waals surface area contributed by atoms with E-state index in [9.17, 15) is 9.18 Å². The molecule has 2 aliphatic heterocycles. The van der Waals surface area contributed by atoms with E-state index in [0.717, 1.165) is 56.2 Å². The van der Waals surface area contributed by atoms with Gasteiger partial charge in [-0.25, -0.2) is 14.4 Å². The van der Waals surface area contributed by atoms with Gasteiger partial charge in [-0.05, 0) is 43.4 Å². The van der Waals surface area contributed by atoms with Crippen LogP contribution in [0.5, 0.6) is 0 Å². The number of benzene rings is 1. The zero-order valence-electron chi connectivity index (χ0n) is 16.6. The minimum atomic E-state index is -0.437. The fourth-order valence-corrected chi connectivity index (χ4v) is 4.59. The molecule has 0 unspecified atom stereocenters. The number of hydrogen-bond donors (Lipinski definition) is 0. The van der Waals surface area contributed by atoms with Crippen LogP contribution < -0.4 is 9.80 Å². The summed E-state index contributed by atoms with van der Waals surface area (Å²) in [5, 5.41) is 0. The third-order valence-electron chi connectivity index (χ3n) is 6.52. The summed E-state index contributed by atoms with van der Waals surface area (Å²) in [6.07, 6.45) is 5.78.